The fraction of sp³-hybridized carbons (Fsp3) is 0.667. The number of ether oxygens (including phenoxy) is 1. The van der Waals surface area contributed by atoms with Crippen LogP contribution in [0.15, 0.2) is 18.2 Å². The Balaban J connectivity index is 2.65. The van der Waals surface area contributed by atoms with E-state index in [0.29, 0.717) is 6.04 Å². The van der Waals surface area contributed by atoms with Gasteiger partial charge in [-0.05, 0) is 55.2 Å². The van der Waals surface area contributed by atoms with Crippen molar-refractivity contribution in [3.05, 3.63) is 29.3 Å². The lowest BCUT2D eigenvalue weighted by molar-refractivity contribution is 0.296. The maximum Gasteiger partial charge on any atom is 0.123 e. The molecule has 1 unspecified atom stereocenters. The highest BCUT2D eigenvalue weighted by Crippen LogP contribution is 2.32. The van der Waals surface area contributed by atoms with E-state index in [1.165, 1.54) is 11.1 Å². The topological polar surface area (TPSA) is 35.2 Å². The minimum Gasteiger partial charge on any atom is -0.493 e. The molecule has 0 fully saturated rings. The second-order valence-electron chi connectivity index (χ2n) is 6.76. The molecule has 2 heteroatoms. The first kappa shape index (κ1) is 17.0. The van der Waals surface area contributed by atoms with Crippen molar-refractivity contribution in [1.29, 1.82) is 0 Å². The normalized spacial score (nSPS) is 13.3. The van der Waals surface area contributed by atoms with E-state index < -0.39 is 0 Å². The number of hydrogen-bond acceptors (Lipinski definition) is 2. The standard InChI is InChI=1S/C18H31NO/c1-6-15-10-11-17(16(13-15)18(3,4)5)20-12-8-7-9-14(2)19/h10-11,13-14H,6-9,12,19H2,1-5H3. The zero-order valence-electron chi connectivity index (χ0n) is 13.8. The summed E-state index contributed by atoms with van der Waals surface area (Å²) in [6.45, 7) is 11.7. The lowest BCUT2D eigenvalue weighted by Crippen LogP contribution is -2.15. The van der Waals surface area contributed by atoms with Crippen LogP contribution >= 0.6 is 0 Å². The Hall–Kier alpha value is -1.02. The molecule has 0 aliphatic heterocycles. The van der Waals surface area contributed by atoms with Crippen LogP contribution in [0.4, 0.5) is 0 Å². The number of unbranched alkanes of at least 4 members (excludes halogenated alkanes) is 1. The Morgan fingerprint density at radius 3 is 2.45 bits per heavy atom. The number of rotatable bonds is 7. The van der Waals surface area contributed by atoms with Gasteiger partial charge >= 0.3 is 0 Å². The quantitative estimate of drug-likeness (QED) is 0.748. The third kappa shape index (κ3) is 5.54. The molecule has 0 bridgehead atoms. The Morgan fingerprint density at radius 2 is 1.90 bits per heavy atom. The highest BCUT2D eigenvalue weighted by Gasteiger charge is 2.19. The van der Waals surface area contributed by atoms with E-state index in [1.54, 1.807) is 0 Å². The largest absolute Gasteiger partial charge is 0.493 e. The Labute approximate surface area is 124 Å². The van der Waals surface area contributed by atoms with Gasteiger partial charge in [-0.1, -0.05) is 39.8 Å². The molecule has 0 spiro atoms. The lowest BCUT2D eigenvalue weighted by atomic mass is 9.85. The molecule has 0 saturated carbocycles. The summed E-state index contributed by atoms with van der Waals surface area (Å²) in [6, 6.07) is 6.89. The first-order chi connectivity index (χ1) is 9.34. The molecule has 0 saturated heterocycles. The number of nitrogens with two attached hydrogens (primary N) is 1. The SMILES string of the molecule is CCc1ccc(OCCCCC(C)N)c(C(C)(C)C)c1. The van der Waals surface area contributed by atoms with Gasteiger partial charge in [0.15, 0.2) is 0 Å². The first-order valence-corrected chi connectivity index (χ1v) is 7.86. The van der Waals surface area contributed by atoms with Gasteiger partial charge in [0.05, 0.1) is 6.61 Å². The molecule has 0 aromatic heterocycles. The van der Waals surface area contributed by atoms with Gasteiger partial charge in [0, 0.05) is 6.04 Å². The Kier molecular flexibility index (Phi) is 6.54. The van der Waals surface area contributed by atoms with Crippen molar-refractivity contribution < 1.29 is 4.74 Å². The molecule has 1 rings (SSSR count). The number of aryl methyl sites for hydroxylation is 1. The van der Waals surface area contributed by atoms with Crippen LogP contribution < -0.4 is 10.5 Å². The van der Waals surface area contributed by atoms with Gasteiger partial charge in [0.1, 0.15) is 5.75 Å². The molecule has 1 aromatic carbocycles. The van der Waals surface area contributed by atoms with E-state index in [0.717, 1.165) is 38.0 Å². The van der Waals surface area contributed by atoms with Crippen molar-refractivity contribution >= 4 is 0 Å². The van der Waals surface area contributed by atoms with E-state index in [1.807, 2.05) is 0 Å². The van der Waals surface area contributed by atoms with Gasteiger partial charge in [0.2, 0.25) is 0 Å². The van der Waals surface area contributed by atoms with Crippen molar-refractivity contribution in [1.82, 2.24) is 0 Å². The highest BCUT2D eigenvalue weighted by atomic mass is 16.5. The summed E-state index contributed by atoms with van der Waals surface area (Å²) >= 11 is 0. The maximum atomic E-state index is 6.00. The van der Waals surface area contributed by atoms with E-state index in [9.17, 15) is 0 Å². The monoisotopic (exact) mass is 277 g/mol. The van der Waals surface area contributed by atoms with Crippen LogP contribution in [0.1, 0.15) is 65.0 Å². The average Bonchev–Trinajstić information content (AvgIpc) is 2.37. The zero-order chi connectivity index (χ0) is 15.2. The maximum absolute atomic E-state index is 6.00. The summed E-state index contributed by atoms with van der Waals surface area (Å²) in [4.78, 5) is 0. The van der Waals surface area contributed by atoms with Gasteiger partial charge in [-0.25, -0.2) is 0 Å². The molecule has 0 amide bonds. The van der Waals surface area contributed by atoms with Crippen LogP contribution in [0.5, 0.6) is 5.75 Å². The highest BCUT2D eigenvalue weighted by molar-refractivity contribution is 5.41. The first-order valence-electron chi connectivity index (χ1n) is 7.86. The molecular weight excluding hydrogens is 246 g/mol. The fourth-order valence-electron chi connectivity index (χ4n) is 2.26. The molecular formula is C18H31NO. The molecule has 0 aliphatic carbocycles. The molecule has 2 nitrogen and oxygen atoms in total. The van der Waals surface area contributed by atoms with Crippen LogP contribution in [-0.2, 0) is 11.8 Å². The van der Waals surface area contributed by atoms with Crippen LogP contribution in [0.3, 0.4) is 0 Å². The smallest absolute Gasteiger partial charge is 0.123 e. The Morgan fingerprint density at radius 1 is 1.20 bits per heavy atom. The molecule has 0 aliphatic rings. The van der Waals surface area contributed by atoms with E-state index in [-0.39, 0.29) is 5.41 Å². The summed E-state index contributed by atoms with van der Waals surface area (Å²) < 4.78 is 6.00. The summed E-state index contributed by atoms with van der Waals surface area (Å²) in [6.07, 6.45) is 4.35. The summed E-state index contributed by atoms with van der Waals surface area (Å²) in [5.74, 6) is 1.04. The molecule has 0 radical (unpaired) electrons. The minimum atomic E-state index is 0.117. The van der Waals surface area contributed by atoms with Crippen molar-refractivity contribution in [3.63, 3.8) is 0 Å². The average molecular weight is 277 g/mol. The Bertz CT molecular complexity index is 404. The molecule has 1 aromatic rings. The second kappa shape index (κ2) is 7.68. The third-order valence-corrected chi connectivity index (χ3v) is 3.57. The third-order valence-electron chi connectivity index (χ3n) is 3.57. The molecule has 0 heterocycles. The predicted octanol–water partition coefficient (Wildman–Crippen LogP) is 4.44. The second-order valence-corrected chi connectivity index (χ2v) is 6.76. The molecule has 2 N–H and O–H groups in total. The fourth-order valence-corrected chi connectivity index (χ4v) is 2.26. The van der Waals surface area contributed by atoms with Crippen molar-refractivity contribution in [2.45, 2.75) is 71.8 Å². The van der Waals surface area contributed by atoms with E-state index in [2.05, 4.69) is 52.8 Å². The number of hydrogen-bond donors (Lipinski definition) is 1. The number of benzene rings is 1. The van der Waals surface area contributed by atoms with Crippen LogP contribution in [0.2, 0.25) is 0 Å². The summed E-state index contributed by atoms with van der Waals surface area (Å²) in [5, 5.41) is 0. The minimum absolute atomic E-state index is 0.117. The van der Waals surface area contributed by atoms with Crippen molar-refractivity contribution in [3.8, 4) is 5.75 Å². The van der Waals surface area contributed by atoms with Crippen molar-refractivity contribution in [2.75, 3.05) is 6.61 Å². The lowest BCUT2D eigenvalue weighted by Gasteiger charge is -2.23. The predicted molar refractivity (Wildman–Crippen MR) is 87.5 cm³/mol. The zero-order valence-corrected chi connectivity index (χ0v) is 13.8. The molecule has 20 heavy (non-hydrogen) atoms. The van der Waals surface area contributed by atoms with Crippen LogP contribution in [0.25, 0.3) is 0 Å². The van der Waals surface area contributed by atoms with E-state index >= 15 is 0 Å². The molecule has 114 valence electrons. The van der Waals surface area contributed by atoms with Gasteiger partial charge < -0.3 is 10.5 Å². The van der Waals surface area contributed by atoms with Crippen LogP contribution in [0, 0.1) is 0 Å². The van der Waals surface area contributed by atoms with Gasteiger partial charge in [-0.2, -0.15) is 0 Å². The van der Waals surface area contributed by atoms with Crippen molar-refractivity contribution in [2.24, 2.45) is 5.73 Å². The summed E-state index contributed by atoms with van der Waals surface area (Å²) in [7, 11) is 0. The van der Waals surface area contributed by atoms with E-state index in [4.69, 9.17) is 10.5 Å². The summed E-state index contributed by atoms with van der Waals surface area (Å²) in [5.41, 5.74) is 8.56. The van der Waals surface area contributed by atoms with Gasteiger partial charge in [-0.15, -0.1) is 0 Å². The van der Waals surface area contributed by atoms with Gasteiger partial charge in [-0.3, -0.25) is 0 Å². The van der Waals surface area contributed by atoms with Crippen LogP contribution in [-0.4, -0.2) is 12.6 Å². The molecule has 1 atom stereocenters. The van der Waals surface area contributed by atoms with Gasteiger partial charge in [0.25, 0.3) is 0 Å².